The molecule has 2 amide bonds. The smallest absolute Gasteiger partial charge is 0.241 e. The Kier molecular flexibility index (Phi) is 6.11. The number of piperidine rings is 1. The summed E-state index contributed by atoms with van der Waals surface area (Å²) in [6.45, 7) is 7.91. The van der Waals surface area contributed by atoms with Gasteiger partial charge in [0.05, 0.1) is 13.1 Å². The number of rotatable bonds is 7. The Hall–Kier alpha value is -1.14. The molecule has 3 fully saturated rings. The molecule has 3 rings (SSSR count). The third kappa shape index (κ3) is 4.70. The number of hydrogen-bond acceptors (Lipinski definition) is 4. The molecular weight excluding hydrogens is 304 g/mol. The van der Waals surface area contributed by atoms with Gasteiger partial charge in [-0.1, -0.05) is 6.92 Å². The van der Waals surface area contributed by atoms with Crippen LogP contribution in [0.3, 0.4) is 0 Å². The number of carbonyl (C=O) groups excluding carboxylic acids is 2. The van der Waals surface area contributed by atoms with E-state index in [9.17, 15) is 9.59 Å². The Bertz CT molecular complexity index is 438. The van der Waals surface area contributed by atoms with Crippen molar-refractivity contribution < 1.29 is 9.59 Å². The Morgan fingerprint density at radius 3 is 2.21 bits per heavy atom. The summed E-state index contributed by atoms with van der Waals surface area (Å²) in [5.74, 6) is 0.0717. The summed E-state index contributed by atoms with van der Waals surface area (Å²) in [5, 5.41) is 2.85. The second-order valence-corrected chi connectivity index (χ2v) is 7.43. The lowest BCUT2D eigenvalue weighted by molar-refractivity contribution is -0.132. The highest BCUT2D eigenvalue weighted by Gasteiger charge is 2.36. The van der Waals surface area contributed by atoms with Crippen LogP contribution in [-0.2, 0) is 9.59 Å². The van der Waals surface area contributed by atoms with Gasteiger partial charge in [0.25, 0.3) is 0 Å². The summed E-state index contributed by atoms with van der Waals surface area (Å²) in [4.78, 5) is 31.1. The molecule has 3 aliphatic rings. The van der Waals surface area contributed by atoms with Gasteiger partial charge in [-0.2, -0.15) is 0 Å². The van der Waals surface area contributed by atoms with E-state index < -0.39 is 0 Å². The van der Waals surface area contributed by atoms with Crippen molar-refractivity contribution in [3.05, 3.63) is 0 Å². The van der Waals surface area contributed by atoms with Crippen molar-refractivity contribution in [2.75, 3.05) is 45.8 Å². The van der Waals surface area contributed by atoms with Crippen molar-refractivity contribution in [2.45, 2.75) is 57.5 Å². The minimum Gasteiger partial charge on any atom is -0.346 e. The van der Waals surface area contributed by atoms with Crippen LogP contribution in [0, 0.1) is 0 Å². The molecule has 2 heterocycles. The molecular formula is C18H32N4O2. The van der Waals surface area contributed by atoms with Gasteiger partial charge in [0.15, 0.2) is 0 Å². The van der Waals surface area contributed by atoms with Crippen LogP contribution in [0.1, 0.15) is 45.4 Å². The predicted octanol–water partition coefficient (Wildman–Crippen LogP) is 0.674. The third-order valence-corrected chi connectivity index (χ3v) is 5.71. The van der Waals surface area contributed by atoms with Gasteiger partial charge >= 0.3 is 0 Å². The lowest BCUT2D eigenvalue weighted by Crippen LogP contribution is -2.50. The van der Waals surface area contributed by atoms with E-state index in [0.29, 0.717) is 18.6 Å². The van der Waals surface area contributed by atoms with E-state index in [1.165, 1.54) is 12.8 Å². The zero-order valence-electron chi connectivity index (χ0n) is 15.0. The molecule has 0 aromatic carbocycles. The standard InChI is InChI=1S/C18H32N4O2/c1-2-20-11-7-16(8-12-20)22(15-5-6-15)14-17(23)19-13-18(24)21-9-3-4-10-21/h15-16H,2-14H2,1H3,(H,19,23). The fourth-order valence-electron chi connectivity index (χ4n) is 4.00. The molecule has 1 N–H and O–H groups in total. The molecule has 1 aliphatic carbocycles. The number of likely N-dealkylation sites (tertiary alicyclic amines) is 2. The van der Waals surface area contributed by atoms with Crippen LogP contribution in [0.5, 0.6) is 0 Å². The van der Waals surface area contributed by atoms with Gasteiger partial charge in [-0.3, -0.25) is 14.5 Å². The summed E-state index contributed by atoms with van der Waals surface area (Å²) in [5.41, 5.74) is 0. The van der Waals surface area contributed by atoms with Crippen molar-refractivity contribution in [1.29, 1.82) is 0 Å². The largest absolute Gasteiger partial charge is 0.346 e. The number of hydrogen-bond donors (Lipinski definition) is 1. The Morgan fingerprint density at radius 2 is 1.62 bits per heavy atom. The maximum atomic E-state index is 12.3. The Morgan fingerprint density at radius 1 is 1.00 bits per heavy atom. The first-order valence-corrected chi connectivity index (χ1v) is 9.70. The second kappa shape index (κ2) is 8.30. The lowest BCUT2D eigenvalue weighted by Gasteiger charge is -2.38. The van der Waals surface area contributed by atoms with E-state index in [0.717, 1.165) is 58.4 Å². The highest BCUT2D eigenvalue weighted by Crippen LogP contribution is 2.31. The van der Waals surface area contributed by atoms with Crippen LogP contribution in [0.2, 0.25) is 0 Å². The van der Waals surface area contributed by atoms with Crippen molar-refractivity contribution in [2.24, 2.45) is 0 Å². The molecule has 6 nitrogen and oxygen atoms in total. The van der Waals surface area contributed by atoms with Crippen molar-refractivity contribution >= 4 is 11.8 Å². The molecule has 0 aromatic heterocycles. The van der Waals surface area contributed by atoms with Gasteiger partial charge in [-0.05, 0) is 58.2 Å². The normalized spacial score (nSPS) is 23.0. The van der Waals surface area contributed by atoms with Crippen molar-refractivity contribution in [3.63, 3.8) is 0 Å². The number of carbonyl (C=O) groups is 2. The first-order valence-electron chi connectivity index (χ1n) is 9.70. The molecule has 2 saturated heterocycles. The molecule has 2 aliphatic heterocycles. The van der Waals surface area contributed by atoms with Gasteiger partial charge in [-0.15, -0.1) is 0 Å². The topological polar surface area (TPSA) is 55.9 Å². The predicted molar refractivity (Wildman–Crippen MR) is 93.7 cm³/mol. The van der Waals surface area contributed by atoms with Crippen LogP contribution in [0.4, 0.5) is 0 Å². The minimum atomic E-state index is 0.00682. The monoisotopic (exact) mass is 336 g/mol. The fraction of sp³-hybridized carbons (Fsp3) is 0.889. The van der Waals surface area contributed by atoms with Crippen molar-refractivity contribution in [1.82, 2.24) is 20.0 Å². The SMILES string of the molecule is CCN1CCC(N(CC(=O)NCC(=O)N2CCCC2)C2CC2)CC1. The van der Waals surface area contributed by atoms with E-state index >= 15 is 0 Å². The average Bonchev–Trinajstić information content (AvgIpc) is 3.30. The van der Waals surface area contributed by atoms with E-state index in [-0.39, 0.29) is 18.4 Å². The summed E-state index contributed by atoms with van der Waals surface area (Å²) < 4.78 is 0. The molecule has 0 aromatic rings. The van der Waals surface area contributed by atoms with Gasteiger partial charge in [0.2, 0.25) is 11.8 Å². The van der Waals surface area contributed by atoms with Gasteiger partial charge < -0.3 is 15.1 Å². The zero-order chi connectivity index (χ0) is 16.9. The van der Waals surface area contributed by atoms with Crippen LogP contribution in [0.15, 0.2) is 0 Å². The highest BCUT2D eigenvalue weighted by molar-refractivity contribution is 5.85. The van der Waals surface area contributed by atoms with Crippen LogP contribution >= 0.6 is 0 Å². The van der Waals surface area contributed by atoms with E-state index in [1.807, 2.05) is 4.90 Å². The molecule has 0 unspecified atom stereocenters. The first-order chi connectivity index (χ1) is 11.7. The maximum absolute atomic E-state index is 12.3. The number of nitrogens with zero attached hydrogens (tertiary/aromatic N) is 3. The Balaban J connectivity index is 1.43. The molecule has 0 atom stereocenters. The highest BCUT2D eigenvalue weighted by atomic mass is 16.2. The first kappa shape index (κ1) is 17.7. The van der Waals surface area contributed by atoms with Gasteiger partial charge in [0, 0.05) is 25.2 Å². The summed E-state index contributed by atoms with van der Waals surface area (Å²) >= 11 is 0. The molecule has 1 saturated carbocycles. The molecule has 24 heavy (non-hydrogen) atoms. The van der Waals surface area contributed by atoms with E-state index in [1.54, 1.807) is 0 Å². The summed E-state index contributed by atoms with van der Waals surface area (Å²) in [7, 11) is 0. The summed E-state index contributed by atoms with van der Waals surface area (Å²) in [6, 6.07) is 1.11. The van der Waals surface area contributed by atoms with E-state index in [2.05, 4.69) is 22.0 Å². The average molecular weight is 336 g/mol. The molecule has 6 heteroatoms. The van der Waals surface area contributed by atoms with Crippen molar-refractivity contribution in [3.8, 4) is 0 Å². The van der Waals surface area contributed by atoms with Gasteiger partial charge in [-0.25, -0.2) is 0 Å². The van der Waals surface area contributed by atoms with Crippen LogP contribution in [-0.4, -0.2) is 84.4 Å². The molecule has 0 spiro atoms. The zero-order valence-corrected chi connectivity index (χ0v) is 15.0. The molecule has 0 bridgehead atoms. The number of amides is 2. The summed E-state index contributed by atoms with van der Waals surface area (Å²) in [6.07, 6.45) is 6.92. The quantitative estimate of drug-likeness (QED) is 0.743. The third-order valence-electron chi connectivity index (χ3n) is 5.71. The van der Waals surface area contributed by atoms with Crippen LogP contribution in [0.25, 0.3) is 0 Å². The lowest BCUT2D eigenvalue weighted by atomic mass is 10.0. The molecule has 0 radical (unpaired) electrons. The van der Waals surface area contributed by atoms with Crippen LogP contribution < -0.4 is 5.32 Å². The number of nitrogens with one attached hydrogen (secondary N) is 1. The molecule has 136 valence electrons. The minimum absolute atomic E-state index is 0.00682. The maximum Gasteiger partial charge on any atom is 0.241 e. The van der Waals surface area contributed by atoms with E-state index in [4.69, 9.17) is 0 Å². The van der Waals surface area contributed by atoms with Gasteiger partial charge in [0.1, 0.15) is 0 Å². The fourth-order valence-corrected chi connectivity index (χ4v) is 4.00. The second-order valence-electron chi connectivity index (χ2n) is 7.43. The Labute approximate surface area is 145 Å².